The number of amidine groups is 1. The third kappa shape index (κ3) is 6.35. The lowest BCUT2D eigenvalue weighted by Gasteiger charge is -2.23. The van der Waals surface area contributed by atoms with E-state index >= 15 is 0 Å². The maximum atomic E-state index is 5.90. The molecule has 0 aliphatic carbocycles. The zero-order valence-electron chi connectivity index (χ0n) is 15.2. The van der Waals surface area contributed by atoms with Crippen LogP contribution >= 0.6 is 0 Å². The first kappa shape index (κ1) is 20.2. The molecular formula is C17H29N3O4. The standard InChI is InChI=1S/C17H29N3O4/c1-6-22-17(23-7-2)16(19-4)20-12-15(21-5)24-14-11-9-8-10-13(14)18-3/h8-11,15,17-18H,6-7,12H2,1-5H3,(H,19,20). The summed E-state index contributed by atoms with van der Waals surface area (Å²) >= 11 is 0. The van der Waals surface area contributed by atoms with Gasteiger partial charge in [-0.3, -0.25) is 4.99 Å². The molecule has 136 valence electrons. The molecule has 2 N–H and O–H groups in total. The van der Waals surface area contributed by atoms with Crippen LogP contribution in [0.25, 0.3) is 0 Å². The number of benzene rings is 1. The average Bonchev–Trinajstić information content (AvgIpc) is 2.61. The van der Waals surface area contributed by atoms with E-state index in [0.29, 0.717) is 25.6 Å². The van der Waals surface area contributed by atoms with Gasteiger partial charge in [0, 0.05) is 34.4 Å². The van der Waals surface area contributed by atoms with Crippen molar-refractivity contribution in [2.45, 2.75) is 26.4 Å². The summed E-state index contributed by atoms with van der Waals surface area (Å²) in [4.78, 5) is 4.20. The highest BCUT2D eigenvalue weighted by molar-refractivity contribution is 5.85. The summed E-state index contributed by atoms with van der Waals surface area (Å²) in [6, 6.07) is 7.68. The van der Waals surface area contributed by atoms with Crippen LogP contribution in [0.1, 0.15) is 13.8 Å². The number of hydrogen-bond acceptors (Lipinski definition) is 6. The summed E-state index contributed by atoms with van der Waals surface area (Å²) in [5.41, 5.74) is 0.894. The van der Waals surface area contributed by atoms with Gasteiger partial charge in [-0.05, 0) is 26.0 Å². The molecule has 0 aliphatic heterocycles. The average molecular weight is 339 g/mol. The van der Waals surface area contributed by atoms with Gasteiger partial charge in [-0.25, -0.2) is 0 Å². The monoisotopic (exact) mass is 339 g/mol. The van der Waals surface area contributed by atoms with Crippen molar-refractivity contribution in [3.63, 3.8) is 0 Å². The Kier molecular flexibility index (Phi) is 9.83. The molecule has 1 rings (SSSR count). The highest BCUT2D eigenvalue weighted by Crippen LogP contribution is 2.24. The molecule has 0 radical (unpaired) electrons. The highest BCUT2D eigenvalue weighted by Gasteiger charge is 2.18. The second-order valence-electron chi connectivity index (χ2n) is 4.76. The molecule has 1 aromatic rings. The lowest BCUT2D eigenvalue weighted by Crippen LogP contribution is -2.43. The number of nitrogens with zero attached hydrogens (tertiary/aromatic N) is 1. The molecular weight excluding hydrogens is 310 g/mol. The van der Waals surface area contributed by atoms with Crippen LogP contribution in [0.5, 0.6) is 5.75 Å². The zero-order chi connectivity index (χ0) is 17.8. The fourth-order valence-corrected chi connectivity index (χ4v) is 2.06. The van der Waals surface area contributed by atoms with Crippen molar-refractivity contribution in [2.75, 3.05) is 46.3 Å². The van der Waals surface area contributed by atoms with E-state index < -0.39 is 12.6 Å². The number of methoxy groups -OCH3 is 1. The number of hydrogen-bond donors (Lipinski definition) is 2. The molecule has 1 atom stereocenters. The molecule has 0 spiro atoms. The number of ether oxygens (including phenoxy) is 4. The smallest absolute Gasteiger partial charge is 0.217 e. The third-order valence-electron chi connectivity index (χ3n) is 3.23. The molecule has 0 saturated carbocycles. The Hall–Kier alpha value is -1.83. The zero-order valence-corrected chi connectivity index (χ0v) is 15.2. The maximum Gasteiger partial charge on any atom is 0.217 e. The summed E-state index contributed by atoms with van der Waals surface area (Å²) in [7, 11) is 5.13. The van der Waals surface area contributed by atoms with Crippen molar-refractivity contribution >= 4 is 11.5 Å². The van der Waals surface area contributed by atoms with Crippen LogP contribution in [0, 0.1) is 0 Å². The van der Waals surface area contributed by atoms with Gasteiger partial charge in [0.05, 0.1) is 12.2 Å². The van der Waals surface area contributed by atoms with E-state index in [2.05, 4.69) is 15.6 Å². The molecule has 0 fully saturated rings. The van der Waals surface area contributed by atoms with Gasteiger partial charge in [0.2, 0.25) is 12.6 Å². The van der Waals surface area contributed by atoms with E-state index in [1.807, 2.05) is 45.2 Å². The Morgan fingerprint density at radius 1 is 1.17 bits per heavy atom. The van der Waals surface area contributed by atoms with Crippen LogP contribution in [0.2, 0.25) is 0 Å². The Bertz CT molecular complexity index is 490. The minimum absolute atomic E-state index is 0.401. The van der Waals surface area contributed by atoms with Crippen molar-refractivity contribution in [2.24, 2.45) is 4.99 Å². The van der Waals surface area contributed by atoms with Crippen LogP contribution in [0.3, 0.4) is 0 Å². The molecule has 0 aliphatic rings. The first-order chi connectivity index (χ1) is 11.7. The molecule has 7 heteroatoms. The minimum atomic E-state index is -0.521. The van der Waals surface area contributed by atoms with Gasteiger partial charge in [-0.15, -0.1) is 0 Å². The van der Waals surface area contributed by atoms with E-state index in [4.69, 9.17) is 18.9 Å². The predicted molar refractivity (Wildman–Crippen MR) is 95.8 cm³/mol. The number of anilines is 1. The van der Waals surface area contributed by atoms with E-state index in [-0.39, 0.29) is 0 Å². The second kappa shape index (κ2) is 11.7. The Balaban J connectivity index is 2.67. The molecule has 0 heterocycles. The summed E-state index contributed by atoms with van der Waals surface area (Å²) < 4.78 is 22.4. The number of para-hydroxylation sites is 2. The summed E-state index contributed by atoms with van der Waals surface area (Å²) in [5.74, 6) is 1.32. The van der Waals surface area contributed by atoms with Gasteiger partial charge in [0.1, 0.15) is 5.75 Å². The largest absolute Gasteiger partial charge is 0.461 e. The molecule has 7 nitrogen and oxygen atoms in total. The van der Waals surface area contributed by atoms with Crippen LogP contribution in [0.15, 0.2) is 29.3 Å². The molecule has 0 bridgehead atoms. The van der Waals surface area contributed by atoms with Gasteiger partial charge in [-0.2, -0.15) is 0 Å². The van der Waals surface area contributed by atoms with E-state index in [9.17, 15) is 0 Å². The third-order valence-corrected chi connectivity index (χ3v) is 3.23. The molecule has 0 saturated heterocycles. The predicted octanol–water partition coefficient (Wildman–Crippen LogP) is 2.10. The van der Waals surface area contributed by atoms with Gasteiger partial charge in [-0.1, -0.05) is 12.1 Å². The number of rotatable bonds is 11. The van der Waals surface area contributed by atoms with E-state index in [1.54, 1.807) is 14.2 Å². The van der Waals surface area contributed by atoms with Gasteiger partial charge in [0.25, 0.3) is 0 Å². The molecule has 1 unspecified atom stereocenters. The van der Waals surface area contributed by atoms with Crippen molar-refractivity contribution in [1.82, 2.24) is 5.32 Å². The Morgan fingerprint density at radius 2 is 1.83 bits per heavy atom. The van der Waals surface area contributed by atoms with Gasteiger partial charge < -0.3 is 29.6 Å². The maximum absolute atomic E-state index is 5.90. The molecule has 1 aromatic carbocycles. The second-order valence-corrected chi connectivity index (χ2v) is 4.76. The fraction of sp³-hybridized carbons (Fsp3) is 0.588. The van der Waals surface area contributed by atoms with Crippen molar-refractivity contribution in [3.05, 3.63) is 24.3 Å². The van der Waals surface area contributed by atoms with E-state index in [1.165, 1.54) is 0 Å². The number of nitrogens with one attached hydrogen (secondary N) is 2. The Morgan fingerprint density at radius 3 is 2.38 bits per heavy atom. The first-order valence-electron chi connectivity index (χ1n) is 8.10. The lowest BCUT2D eigenvalue weighted by atomic mass is 10.3. The van der Waals surface area contributed by atoms with Gasteiger partial charge >= 0.3 is 0 Å². The SMILES string of the molecule is CCOC(OCC)C(=NC)NCC(OC)Oc1ccccc1NC. The summed E-state index contributed by atoms with van der Waals surface area (Å²) in [6.07, 6.45) is -1.01. The van der Waals surface area contributed by atoms with Crippen LogP contribution in [-0.2, 0) is 14.2 Å². The molecule has 0 amide bonds. The van der Waals surface area contributed by atoms with Crippen LogP contribution < -0.4 is 15.4 Å². The lowest BCUT2D eigenvalue weighted by molar-refractivity contribution is -0.0934. The highest BCUT2D eigenvalue weighted by atomic mass is 16.7. The van der Waals surface area contributed by atoms with Crippen molar-refractivity contribution < 1.29 is 18.9 Å². The number of aliphatic imine (C=N–C) groups is 1. The quantitative estimate of drug-likeness (QED) is 0.365. The first-order valence-corrected chi connectivity index (χ1v) is 8.10. The summed E-state index contributed by atoms with van der Waals surface area (Å²) in [6.45, 7) is 5.29. The van der Waals surface area contributed by atoms with Crippen molar-refractivity contribution in [1.29, 1.82) is 0 Å². The van der Waals surface area contributed by atoms with Gasteiger partial charge in [0.15, 0.2) is 5.84 Å². The van der Waals surface area contributed by atoms with Crippen LogP contribution in [0.4, 0.5) is 5.69 Å². The fourth-order valence-electron chi connectivity index (χ4n) is 2.06. The molecule has 24 heavy (non-hydrogen) atoms. The van der Waals surface area contributed by atoms with E-state index in [0.717, 1.165) is 11.4 Å². The molecule has 0 aromatic heterocycles. The minimum Gasteiger partial charge on any atom is -0.461 e. The summed E-state index contributed by atoms with van der Waals surface area (Å²) in [5, 5.41) is 6.27. The van der Waals surface area contributed by atoms with Crippen molar-refractivity contribution in [3.8, 4) is 5.75 Å². The normalized spacial score (nSPS) is 13.0. The van der Waals surface area contributed by atoms with Crippen LogP contribution in [-0.4, -0.2) is 59.4 Å². The topological polar surface area (TPSA) is 73.3 Å². The Labute approximate surface area is 144 Å².